The predicted molar refractivity (Wildman–Crippen MR) is 65.5 cm³/mol. The number of hydrogen-bond acceptors (Lipinski definition) is 1. The predicted octanol–water partition coefficient (Wildman–Crippen LogP) is 3.05. The number of nitrogens with one attached hydrogen (secondary N) is 2. The van der Waals surface area contributed by atoms with Gasteiger partial charge in [-0.3, -0.25) is 0 Å². The van der Waals surface area contributed by atoms with E-state index in [1.165, 1.54) is 6.07 Å². The molecule has 1 atom stereocenters. The molecule has 0 bridgehead atoms. The van der Waals surface area contributed by atoms with Crippen LogP contribution < -0.4 is 10.6 Å². The van der Waals surface area contributed by atoms with Gasteiger partial charge in [-0.15, -0.1) is 0 Å². The van der Waals surface area contributed by atoms with Crippen LogP contribution in [0.25, 0.3) is 0 Å². The maximum Gasteiger partial charge on any atom is 0.170 e. The minimum absolute atomic E-state index is 0.241. The molecule has 2 nitrogen and oxygen atoms in total. The SMILES string of the molecule is CC[C@@H](C)NC(=S)Nc1ccc(F)c(F)c1. The highest BCUT2D eigenvalue weighted by Gasteiger charge is 2.05. The molecule has 0 saturated carbocycles. The Hall–Kier alpha value is -1.23. The van der Waals surface area contributed by atoms with Gasteiger partial charge in [0.1, 0.15) is 0 Å². The van der Waals surface area contributed by atoms with Gasteiger partial charge in [-0.25, -0.2) is 8.78 Å². The Bertz CT molecular complexity index is 382. The minimum Gasteiger partial charge on any atom is -0.360 e. The van der Waals surface area contributed by atoms with Crippen molar-refractivity contribution in [1.29, 1.82) is 0 Å². The summed E-state index contributed by atoms with van der Waals surface area (Å²) in [6.07, 6.45) is 0.930. The Labute approximate surface area is 99.0 Å². The second kappa shape index (κ2) is 5.75. The van der Waals surface area contributed by atoms with Crippen LogP contribution in [-0.4, -0.2) is 11.2 Å². The lowest BCUT2D eigenvalue weighted by Gasteiger charge is -2.15. The molecule has 0 aliphatic heterocycles. The number of thiocarbonyl (C=S) groups is 1. The molecule has 0 spiro atoms. The summed E-state index contributed by atoms with van der Waals surface area (Å²) in [5.74, 6) is -1.76. The number of benzene rings is 1. The molecule has 0 saturated heterocycles. The van der Waals surface area contributed by atoms with Gasteiger partial charge >= 0.3 is 0 Å². The lowest BCUT2D eigenvalue weighted by Crippen LogP contribution is -2.35. The fourth-order valence-electron chi connectivity index (χ4n) is 1.07. The van der Waals surface area contributed by atoms with Crippen molar-refractivity contribution >= 4 is 23.0 Å². The fraction of sp³-hybridized carbons (Fsp3) is 0.364. The van der Waals surface area contributed by atoms with E-state index in [0.29, 0.717) is 10.8 Å². The van der Waals surface area contributed by atoms with Crippen molar-refractivity contribution < 1.29 is 8.78 Å². The normalized spacial score (nSPS) is 12.0. The van der Waals surface area contributed by atoms with Crippen LogP contribution in [0.15, 0.2) is 18.2 Å². The van der Waals surface area contributed by atoms with Gasteiger partial charge < -0.3 is 10.6 Å². The van der Waals surface area contributed by atoms with Crippen molar-refractivity contribution in [3.05, 3.63) is 29.8 Å². The van der Waals surface area contributed by atoms with Crippen molar-refractivity contribution in [1.82, 2.24) is 5.32 Å². The standard InChI is InChI=1S/C11H14F2N2S/c1-3-7(2)14-11(16)15-8-4-5-9(12)10(13)6-8/h4-7H,3H2,1-2H3,(H2,14,15,16)/t7-/m1/s1. The molecule has 1 aromatic carbocycles. The minimum atomic E-state index is -0.892. The van der Waals surface area contributed by atoms with Crippen molar-refractivity contribution in [2.45, 2.75) is 26.3 Å². The summed E-state index contributed by atoms with van der Waals surface area (Å²) in [5.41, 5.74) is 0.430. The largest absolute Gasteiger partial charge is 0.360 e. The quantitative estimate of drug-likeness (QED) is 0.799. The van der Waals surface area contributed by atoms with Crippen molar-refractivity contribution in [2.75, 3.05) is 5.32 Å². The highest BCUT2D eigenvalue weighted by Crippen LogP contribution is 2.12. The number of rotatable bonds is 3. The zero-order valence-corrected chi connectivity index (χ0v) is 10.00. The van der Waals surface area contributed by atoms with Crippen molar-refractivity contribution in [3.63, 3.8) is 0 Å². The second-order valence-electron chi connectivity index (χ2n) is 3.54. The molecule has 0 fully saturated rings. The van der Waals surface area contributed by atoms with Crippen molar-refractivity contribution in [3.8, 4) is 0 Å². The first kappa shape index (κ1) is 12.8. The Morgan fingerprint density at radius 3 is 2.62 bits per heavy atom. The average Bonchev–Trinajstić information content (AvgIpc) is 2.23. The molecule has 0 radical (unpaired) electrons. The van der Waals surface area contributed by atoms with Gasteiger partial charge in [0.2, 0.25) is 0 Å². The third-order valence-corrected chi connectivity index (χ3v) is 2.39. The molecule has 0 aliphatic rings. The summed E-state index contributed by atoms with van der Waals surface area (Å²) in [6.45, 7) is 4.01. The molecule has 0 unspecified atom stereocenters. The van der Waals surface area contributed by atoms with E-state index < -0.39 is 11.6 Å². The van der Waals surface area contributed by atoms with Crippen LogP contribution in [0.5, 0.6) is 0 Å². The molecular weight excluding hydrogens is 230 g/mol. The number of halogens is 2. The Morgan fingerprint density at radius 1 is 1.38 bits per heavy atom. The van der Waals surface area contributed by atoms with E-state index in [2.05, 4.69) is 10.6 Å². The first-order chi connectivity index (χ1) is 7.52. The van der Waals surface area contributed by atoms with Crippen LogP contribution in [-0.2, 0) is 0 Å². The highest BCUT2D eigenvalue weighted by atomic mass is 32.1. The molecule has 88 valence electrons. The Balaban J connectivity index is 2.59. The van der Waals surface area contributed by atoms with E-state index >= 15 is 0 Å². The average molecular weight is 244 g/mol. The molecule has 1 rings (SSSR count). The van der Waals surface area contributed by atoms with Gasteiger partial charge in [-0.1, -0.05) is 6.92 Å². The molecule has 5 heteroatoms. The molecule has 0 amide bonds. The third-order valence-electron chi connectivity index (χ3n) is 2.17. The van der Waals surface area contributed by atoms with Crippen LogP contribution in [0, 0.1) is 11.6 Å². The molecule has 16 heavy (non-hydrogen) atoms. The van der Waals surface area contributed by atoms with E-state index in [0.717, 1.165) is 18.6 Å². The van der Waals surface area contributed by atoms with E-state index in [1.807, 2.05) is 13.8 Å². The highest BCUT2D eigenvalue weighted by molar-refractivity contribution is 7.80. The Morgan fingerprint density at radius 2 is 2.06 bits per heavy atom. The Kier molecular flexibility index (Phi) is 4.61. The van der Waals surface area contributed by atoms with Gasteiger partial charge in [-0.2, -0.15) is 0 Å². The van der Waals surface area contributed by atoms with Gasteiger partial charge in [0.15, 0.2) is 16.7 Å². The van der Waals surface area contributed by atoms with Crippen LogP contribution in [0.4, 0.5) is 14.5 Å². The number of hydrogen-bond donors (Lipinski definition) is 2. The molecular formula is C11H14F2N2S. The summed E-state index contributed by atoms with van der Waals surface area (Å²) in [7, 11) is 0. The van der Waals surface area contributed by atoms with Crippen LogP contribution in [0.1, 0.15) is 20.3 Å². The smallest absolute Gasteiger partial charge is 0.170 e. The molecule has 1 aromatic rings. The molecule has 0 aliphatic carbocycles. The summed E-state index contributed by atoms with van der Waals surface area (Å²) >= 11 is 5.02. The zero-order chi connectivity index (χ0) is 12.1. The van der Waals surface area contributed by atoms with Crippen molar-refractivity contribution in [2.24, 2.45) is 0 Å². The third kappa shape index (κ3) is 3.73. The summed E-state index contributed by atoms with van der Waals surface area (Å²) in [4.78, 5) is 0. The van der Waals surface area contributed by atoms with Crippen LogP contribution in [0.2, 0.25) is 0 Å². The summed E-state index contributed by atoms with van der Waals surface area (Å²) in [5, 5.41) is 6.21. The zero-order valence-electron chi connectivity index (χ0n) is 9.18. The topological polar surface area (TPSA) is 24.1 Å². The van der Waals surface area contributed by atoms with E-state index in [9.17, 15) is 8.78 Å². The fourth-order valence-corrected chi connectivity index (χ4v) is 1.39. The lowest BCUT2D eigenvalue weighted by molar-refractivity contribution is 0.509. The molecule has 0 heterocycles. The maximum atomic E-state index is 12.9. The second-order valence-corrected chi connectivity index (χ2v) is 3.94. The first-order valence-corrected chi connectivity index (χ1v) is 5.46. The summed E-state index contributed by atoms with van der Waals surface area (Å²) in [6, 6.07) is 3.80. The monoisotopic (exact) mass is 244 g/mol. The first-order valence-electron chi connectivity index (χ1n) is 5.05. The van der Waals surface area contributed by atoms with Gasteiger partial charge in [0, 0.05) is 17.8 Å². The molecule has 0 aromatic heterocycles. The van der Waals surface area contributed by atoms with Crippen LogP contribution in [0.3, 0.4) is 0 Å². The summed E-state index contributed by atoms with van der Waals surface area (Å²) < 4.78 is 25.5. The van der Waals surface area contributed by atoms with Crippen LogP contribution >= 0.6 is 12.2 Å². The van der Waals surface area contributed by atoms with E-state index in [1.54, 1.807) is 0 Å². The van der Waals surface area contributed by atoms with E-state index in [4.69, 9.17) is 12.2 Å². The van der Waals surface area contributed by atoms with E-state index in [-0.39, 0.29) is 6.04 Å². The molecule has 2 N–H and O–H groups in total. The van der Waals surface area contributed by atoms with Gasteiger partial charge in [0.05, 0.1) is 0 Å². The maximum absolute atomic E-state index is 12.9. The lowest BCUT2D eigenvalue weighted by atomic mass is 10.3. The number of anilines is 1. The van der Waals surface area contributed by atoms with Gasteiger partial charge in [0.25, 0.3) is 0 Å². The van der Waals surface area contributed by atoms with Gasteiger partial charge in [-0.05, 0) is 37.7 Å².